The van der Waals surface area contributed by atoms with Gasteiger partial charge in [0.1, 0.15) is 11.9 Å². The fraction of sp³-hybridized carbons (Fsp3) is 0.577. The van der Waals surface area contributed by atoms with Crippen LogP contribution in [0, 0.1) is 76.4 Å². The molecule has 12 rings (SSSR count). The van der Waals surface area contributed by atoms with Gasteiger partial charge >= 0.3 is 0 Å². The van der Waals surface area contributed by atoms with Gasteiger partial charge in [-0.2, -0.15) is 0 Å². The second-order valence-electron chi connectivity index (χ2n) is 26.7. The van der Waals surface area contributed by atoms with Gasteiger partial charge in [-0.15, -0.1) is 0 Å². The molecule has 3 heterocycles. The van der Waals surface area contributed by atoms with Gasteiger partial charge in [0.2, 0.25) is 0 Å². The van der Waals surface area contributed by atoms with Gasteiger partial charge in [0.15, 0.2) is 11.5 Å². The Labute approximate surface area is 506 Å². The van der Waals surface area contributed by atoms with Crippen LogP contribution < -0.4 is 15.8 Å². The minimum Gasteiger partial charge on any atom is -0.504 e. The minimum absolute atomic E-state index is 0.0242. The van der Waals surface area contributed by atoms with E-state index in [9.17, 15) is 35.7 Å². The lowest BCUT2D eigenvalue weighted by molar-refractivity contribution is -0.0559. The number of nitrogens with two attached hydrogens (primary N) is 1. The summed E-state index contributed by atoms with van der Waals surface area (Å²) in [5, 5.41) is 88.5. The molecule has 1 spiro atoms. The Morgan fingerprint density at radius 1 is 0.774 bits per heavy atom. The molecule has 11 nitrogen and oxygen atoms in total. The summed E-state index contributed by atoms with van der Waals surface area (Å²) in [5.41, 5.74) is 16.4. The number of nitrogens with one attached hydrogen (secondary N) is 2. The third kappa shape index (κ3) is 12.3. The molecule has 0 bridgehead atoms. The van der Waals surface area contributed by atoms with E-state index in [1.807, 2.05) is 24.4 Å². The maximum atomic E-state index is 12.9. The van der Waals surface area contributed by atoms with Crippen LogP contribution in [0.1, 0.15) is 136 Å². The van der Waals surface area contributed by atoms with E-state index < -0.39 is 53.7 Å². The number of rotatable bonds is 9. The summed E-state index contributed by atoms with van der Waals surface area (Å²) in [5.74, 6) is 9.35. The second-order valence-corrected chi connectivity index (χ2v) is 29.2. The number of aromatic amines is 1. The van der Waals surface area contributed by atoms with Gasteiger partial charge < -0.3 is 56.5 Å². The Balaban J connectivity index is 0.932. The van der Waals surface area contributed by atoms with Crippen LogP contribution in [-0.2, 0) is 25.7 Å². The molecule has 11 N–H and O–H groups in total. The highest BCUT2D eigenvalue weighted by Crippen LogP contribution is 2.60. The molecule has 0 radical (unpaired) electrons. The van der Waals surface area contributed by atoms with Crippen molar-refractivity contribution in [2.24, 2.45) is 70.3 Å². The third-order valence-corrected chi connectivity index (χ3v) is 24.4. The molecule has 8 aliphatic rings. The number of aromatic hydroxyl groups is 1. The molecule has 2 aliphatic heterocycles. The molecule has 0 amide bonds. The Bertz CT molecular complexity index is 3060. The molecule has 2 saturated carbocycles. The van der Waals surface area contributed by atoms with E-state index in [0.29, 0.717) is 87.1 Å². The average Bonchev–Trinajstić information content (AvgIpc) is 2.35. The monoisotopic (exact) mass is 1180 g/mol. The normalized spacial score (nSPS) is 35.8. The molecule has 17 atom stereocenters. The van der Waals surface area contributed by atoms with Crippen molar-refractivity contribution in [3.05, 3.63) is 153 Å². The molecule has 6 aliphatic carbocycles. The molecule has 450 valence electrons. The summed E-state index contributed by atoms with van der Waals surface area (Å²) in [6, 6.07) is 27.9. The van der Waals surface area contributed by atoms with Gasteiger partial charge in [-0.3, -0.25) is 0 Å². The van der Waals surface area contributed by atoms with Crippen molar-refractivity contribution < 1.29 is 40.5 Å². The van der Waals surface area contributed by atoms with Crippen LogP contribution in [0.5, 0.6) is 11.5 Å². The zero-order valence-corrected chi connectivity index (χ0v) is 50.7. The van der Waals surface area contributed by atoms with Crippen LogP contribution >= 0.6 is 21.6 Å². The smallest absolute Gasteiger partial charge is 0.161 e. The number of allylic oxidation sites excluding steroid dienone is 3. The highest BCUT2D eigenvalue weighted by molar-refractivity contribution is 8.76. The van der Waals surface area contributed by atoms with Crippen LogP contribution in [0.4, 0.5) is 0 Å². The molecule has 3 fully saturated rings. The standard InChI is InChI=1S/C71H91N3O8S2/c1-2-42-26-49-32-64(79)66(82-67-33-50(28-52-18-11-24-73-52)54-22-25-74-70(72)61(54)41-84-83-40-51(38-75)69(67)81)35-56(49)58-34-65(80)68-47(30-55(42)58)21-23-71(36-53(77)19-20-63(68)78)37-60(44-14-7-4-8-15-44)57-29-46-17-10-9-16-45(46)27-48(31-59(57)62(71)39-76)43-12-5-3-6-13-43/h4,7-11,14-18,22,24,30,32,35,42-43,47-48,50-51,53,57-60,62-63,65,67-69,73-81H,2-3,5-6,12-13,19-20,25-29,31,33-34,36-41,72H2,1H3/t42-,47-,48+,50+,51-,53+,57+,58+,59+,60+,62+,63-,65+,67-,68+,69-,71-/m0/s1. The molecule has 4 aromatic rings. The lowest BCUT2D eigenvalue weighted by atomic mass is 9.49. The van der Waals surface area contributed by atoms with Crippen LogP contribution in [0.3, 0.4) is 0 Å². The van der Waals surface area contributed by atoms with Crippen molar-refractivity contribution in [2.45, 2.75) is 158 Å². The number of benzene rings is 3. The fourth-order valence-corrected chi connectivity index (χ4v) is 20.2. The maximum Gasteiger partial charge on any atom is 0.161 e. The van der Waals surface area contributed by atoms with Crippen LogP contribution in [0.15, 0.2) is 120 Å². The molecule has 13 heteroatoms. The average molecular weight is 1180 g/mol. The molecule has 1 aromatic heterocycles. The number of phenols is 1. The van der Waals surface area contributed by atoms with Gasteiger partial charge in [-0.25, -0.2) is 0 Å². The van der Waals surface area contributed by atoms with Gasteiger partial charge in [0.05, 0.1) is 24.4 Å². The number of hydrogen-bond acceptors (Lipinski definition) is 12. The Kier molecular flexibility index (Phi) is 18.7. The zero-order chi connectivity index (χ0) is 58.1. The van der Waals surface area contributed by atoms with Gasteiger partial charge in [-0.1, -0.05) is 145 Å². The molecule has 84 heavy (non-hydrogen) atoms. The predicted molar refractivity (Wildman–Crippen MR) is 336 cm³/mol. The van der Waals surface area contributed by atoms with E-state index in [0.717, 1.165) is 53.7 Å². The van der Waals surface area contributed by atoms with E-state index in [2.05, 4.69) is 102 Å². The zero-order valence-electron chi connectivity index (χ0n) is 49.0. The van der Waals surface area contributed by atoms with Gasteiger partial charge in [0.25, 0.3) is 0 Å². The number of fused-ring (bicyclic) bond motifs is 7. The van der Waals surface area contributed by atoms with Crippen molar-refractivity contribution in [3.63, 3.8) is 0 Å². The fourth-order valence-electron chi connectivity index (χ4n) is 17.7. The maximum absolute atomic E-state index is 12.9. The molecular formula is C71H91N3O8S2. The summed E-state index contributed by atoms with van der Waals surface area (Å²) in [6.45, 7) is 2.51. The Hall–Kier alpha value is -4.62. The number of aromatic nitrogens is 1. The lowest BCUT2D eigenvalue weighted by Gasteiger charge is -2.55. The van der Waals surface area contributed by atoms with E-state index in [4.69, 9.17) is 10.5 Å². The molecule has 3 aromatic carbocycles. The van der Waals surface area contributed by atoms with E-state index in [1.165, 1.54) is 54.4 Å². The van der Waals surface area contributed by atoms with Crippen molar-refractivity contribution in [2.75, 3.05) is 31.3 Å². The number of hydrogen-bond donors (Lipinski definition) is 10. The molecular weight excluding hydrogens is 1090 g/mol. The number of aliphatic hydroxyl groups excluding tert-OH is 6. The van der Waals surface area contributed by atoms with Crippen LogP contribution in [0.25, 0.3) is 0 Å². The highest BCUT2D eigenvalue weighted by Gasteiger charge is 2.55. The lowest BCUT2D eigenvalue weighted by Crippen LogP contribution is -2.51. The predicted octanol–water partition coefficient (Wildman–Crippen LogP) is 10.7. The van der Waals surface area contributed by atoms with E-state index in [1.54, 1.807) is 21.6 Å². The first-order chi connectivity index (χ1) is 40.9. The third-order valence-electron chi connectivity index (χ3n) is 22.0. The van der Waals surface area contributed by atoms with Crippen molar-refractivity contribution in [1.82, 2.24) is 10.3 Å². The van der Waals surface area contributed by atoms with Crippen molar-refractivity contribution in [1.29, 1.82) is 0 Å². The quantitative estimate of drug-likeness (QED) is 0.0432. The number of H-pyrrole nitrogens is 1. The number of ether oxygens (including phenoxy) is 1. The molecule has 0 unspecified atom stereocenters. The molecule has 1 saturated heterocycles. The van der Waals surface area contributed by atoms with Gasteiger partial charge in [-0.05, 0) is 176 Å². The SMILES string of the molecule is CC[C@H]1Cc2cc(O)c(O[C@H]3C[C@@H](Cc4ccc[nH]4)C4=CCNC(N)=C4CSSC[C@H](CO)[C@@H]3O)cc2[C@@H]2C[C@@H](O)[C@@H]3[C@@H](C#C[C@]4(C[C@H](O)CC[C@@H]3O)C[C@H](c3ccccc3)[C@@H]3Cc5ccccc5C[C@@H](C5CCCCC5)C[C@H]3[C@H]4CO)C=C12. The Morgan fingerprint density at radius 2 is 1.57 bits per heavy atom. The number of aliphatic hydroxyl groups is 6. The van der Waals surface area contributed by atoms with Crippen LogP contribution in [0.2, 0.25) is 0 Å². The summed E-state index contributed by atoms with van der Waals surface area (Å²) in [4.78, 5) is 3.39. The summed E-state index contributed by atoms with van der Waals surface area (Å²) in [7, 11) is 3.26. The number of dihydropyridines is 1. The topological polar surface area (TPSA) is 205 Å². The minimum atomic E-state index is -1.08. The van der Waals surface area contributed by atoms with E-state index in [-0.39, 0.29) is 66.1 Å². The van der Waals surface area contributed by atoms with Crippen LogP contribution in [-0.4, -0.2) is 103 Å². The Morgan fingerprint density at radius 3 is 2.33 bits per heavy atom. The highest BCUT2D eigenvalue weighted by atomic mass is 33.1. The second kappa shape index (κ2) is 26.4. The summed E-state index contributed by atoms with van der Waals surface area (Å²) < 4.78 is 7.02. The van der Waals surface area contributed by atoms with E-state index >= 15 is 0 Å². The first kappa shape index (κ1) is 59.7. The largest absolute Gasteiger partial charge is 0.504 e. The van der Waals surface area contributed by atoms with Crippen molar-refractivity contribution >= 4 is 21.6 Å². The van der Waals surface area contributed by atoms with Gasteiger partial charge in [0, 0.05) is 83.7 Å². The summed E-state index contributed by atoms with van der Waals surface area (Å²) in [6.07, 6.45) is 15.7. The summed E-state index contributed by atoms with van der Waals surface area (Å²) >= 11 is 0. The first-order valence-electron chi connectivity index (χ1n) is 32.0. The van der Waals surface area contributed by atoms with Crippen molar-refractivity contribution in [3.8, 4) is 23.3 Å². The first-order valence-corrected chi connectivity index (χ1v) is 34.5. The number of phenolic OH excluding ortho intramolecular Hbond substituents is 1.